The maximum absolute atomic E-state index is 9.17. The average Bonchev–Trinajstić information content (AvgIpc) is 1.86. The fraction of sp³-hybridized carbons (Fsp3) is 1.00. The lowest BCUT2D eigenvalue weighted by Gasteiger charge is -2.52. The number of aliphatic hydroxyl groups excluding tert-OH is 1. The standard InChI is InChI=1S/C9H19NO/c1-8(2,7-11)9(6-10)4-3-5-9/h11H,3-7,10H2,1-2H3. The molecule has 0 spiro atoms. The molecule has 0 radical (unpaired) electrons. The molecular weight excluding hydrogens is 138 g/mol. The zero-order chi connectivity index (χ0) is 8.54. The first-order chi connectivity index (χ1) is 5.08. The first kappa shape index (κ1) is 9.01. The van der Waals surface area contributed by atoms with Crippen molar-refractivity contribution >= 4 is 0 Å². The normalized spacial score (nSPS) is 22.9. The van der Waals surface area contributed by atoms with Crippen LogP contribution in [0.5, 0.6) is 0 Å². The Labute approximate surface area is 68.8 Å². The van der Waals surface area contributed by atoms with E-state index in [1.54, 1.807) is 0 Å². The van der Waals surface area contributed by atoms with Crippen LogP contribution in [-0.4, -0.2) is 18.3 Å². The van der Waals surface area contributed by atoms with Crippen LogP contribution in [0.2, 0.25) is 0 Å². The first-order valence-corrected chi connectivity index (χ1v) is 4.39. The van der Waals surface area contributed by atoms with Crippen LogP contribution in [0.15, 0.2) is 0 Å². The van der Waals surface area contributed by atoms with E-state index in [2.05, 4.69) is 13.8 Å². The molecule has 11 heavy (non-hydrogen) atoms. The van der Waals surface area contributed by atoms with Crippen molar-refractivity contribution < 1.29 is 5.11 Å². The van der Waals surface area contributed by atoms with Crippen molar-refractivity contribution in [3.05, 3.63) is 0 Å². The fourth-order valence-corrected chi connectivity index (χ4v) is 1.93. The van der Waals surface area contributed by atoms with E-state index >= 15 is 0 Å². The van der Waals surface area contributed by atoms with Gasteiger partial charge in [-0.15, -0.1) is 0 Å². The molecule has 1 fully saturated rings. The highest BCUT2D eigenvalue weighted by molar-refractivity contribution is 4.98. The molecule has 0 amide bonds. The summed E-state index contributed by atoms with van der Waals surface area (Å²) in [7, 11) is 0. The highest BCUT2D eigenvalue weighted by Gasteiger charge is 2.47. The van der Waals surface area contributed by atoms with Gasteiger partial charge >= 0.3 is 0 Å². The van der Waals surface area contributed by atoms with Crippen LogP contribution in [0.4, 0.5) is 0 Å². The predicted molar refractivity (Wildman–Crippen MR) is 46.2 cm³/mol. The van der Waals surface area contributed by atoms with Gasteiger partial charge < -0.3 is 10.8 Å². The second kappa shape index (κ2) is 2.76. The van der Waals surface area contributed by atoms with Gasteiger partial charge in [-0.05, 0) is 30.2 Å². The van der Waals surface area contributed by atoms with Gasteiger partial charge in [0.05, 0.1) is 0 Å². The van der Waals surface area contributed by atoms with E-state index in [0.29, 0.717) is 0 Å². The summed E-state index contributed by atoms with van der Waals surface area (Å²) in [6.07, 6.45) is 3.66. The van der Waals surface area contributed by atoms with Crippen LogP contribution in [0.25, 0.3) is 0 Å². The quantitative estimate of drug-likeness (QED) is 0.645. The van der Waals surface area contributed by atoms with Crippen molar-refractivity contribution in [1.82, 2.24) is 0 Å². The molecule has 1 saturated carbocycles. The van der Waals surface area contributed by atoms with Crippen molar-refractivity contribution in [3.8, 4) is 0 Å². The molecule has 2 heteroatoms. The maximum atomic E-state index is 9.17. The molecule has 0 aromatic heterocycles. The monoisotopic (exact) mass is 157 g/mol. The Morgan fingerprint density at radius 3 is 2.09 bits per heavy atom. The van der Waals surface area contributed by atoms with Gasteiger partial charge in [-0.1, -0.05) is 20.3 Å². The topological polar surface area (TPSA) is 46.2 Å². The summed E-state index contributed by atoms with van der Waals surface area (Å²) in [6.45, 7) is 5.20. The van der Waals surface area contributed by atoms with Crippen LogP contribution in [-0.2, 0) is 0 Å². The number of hydrogen-bond acceptors (Lipinski definition) is 2. The minimum absolute atomic E-state index is 0.0139. The molecule has 1 rings (SSSR count). The molecule has 1 aliphatic carbocycles. The number of nitrogens with two attached hydrogens (primary N) is 1. The number of aliphatic hydroxyl groups is 1. The summed E-state index contributed by atoms with van der Waals surface area (Å²) in [5, 5.41) is 9.17. The first-order valence-electron chi connectivity index (χ1n) is 4.39. The summed E-state index contributed by atoms with van der Waals surface area (Å²) in [5.74, 6) is 0. The summed E-state index contributed by atoms with van der Waals surface area (Å²) < 4.78 is 0. The molecule has 0 bridgehead atoms. The number of hydrogen-bond donors (Lipinski definition) is 2. The van der Waals surface area contributed by atoms with E-state index in [0.717, 1.165) is 6.54 Å². The summed E-state index contributed by atoms with van der Waals surface area (Å²) in [6, 6.07) is 0. The van der Waals surface area contributed by atoms with Crippen LogP contribution in [0.3, 0.4) is 0 Å². The SMILES string of the molecule is CC(C)(CO)C1(CN)CCC1. The zero-order valence-corrected chi connectivity index (χ0v) is 7.56. The Balaban J connectivity index is 2.68. The molecule has 0 unspecified atom stereocenters. The third-order valence-electron chi connectivity index (χ3n) is 3.53. The van der Waals surface area contributed by atoms with Crippen LogP contribution >= 0.6 is 0 Å². The molecule has 3 N–H and O–H groups in total. The smallest absolute Gasteiger partial charge is 0.0487 e. The minimum atomic E-state index is 0.0139. The third kappa shape index (κ3) is 1.18. The Morgan fingerprint density at radius 1 is 1.45 bits per heavy atom. The largest absolute Gasteiger partial charge is 0.396 e. The molecule has 2 nitrogen and oxygen atoms in total. The maximum Gasteiger partial charge on any atom is 0.0487 e. The van der Waals surface area contributed by atoms with E-state index in [1.807, 2.05) is 0 Å². The second-order valence-corrected chi connectivity index (χ2v) is 4.38. The Bertz CT molecular complexity index is 133. The lowest BCUT2D eigenvalue weighted by molar-refractivity contribution is -0.0437. The summed E-state index contributed by atoms with van der Waals surface area (Å²) >= 11 is 0. The van der Waals surface area contributed by atoms with Crippen molar-refractivity contribution in [2.75, 3.05) is 13.2 Å². The highest BCUT2D eigenvalue weighted by Crippen LogP contribution is 2.52. The van der Waals surface area contributed by atoms with Gasteiger partial charge in [0.15, 0.2) is 0 Å². The van der Waals surface area contributed by atoms with Crippen molar-refractivity contribution in [1.29, 1.82) is 0 Å². The van der Waals surface area contributed by atoms with Crippen molar-refractivity contribution in [2.24, 2.45) is 16.6 Å². The van der Waals surface area contributed by atoms with E-state index in [-0.39, 0.29) is 17.4 Å². The zero-order valence-electron chi connectivity index (χ0n) is 7.56. The van der Waals surface area contributed by atoms with E-state index in [9.17, 15) is 5.11 Å². The molecule has 0 aromatic carbocycles. The van der Waals surface area contributed by atoms with Gasteiger partial charge in [0, 0.05) is 6.61 Å². The van der Waals surface area contributed by atoms with Crippen LogP contribution in [0.1, 0.15) is 33.1 Å². The molecule has 0 aliphatic heterocycles. The van der Waals surface area contributed by atoms with Gasteiger partial charge in [0.25, 0.3) is 0 Å². The molecular formula is C9H19NO. The summed E-state index contributed by atoms with van der Waals surface area (Å²) in [4.78, 5) is 0. The molecule has 0 heterocycles. The fourth-order valence-electron chi connectivity index (χ4n) is 1.93. The Hall–Kier alpha value is -0.0800. The van der Waals surface area contributed by atoms with Crippen molar-refractivity contribution in [3.63, 3.8) is 0 Å². The van der Waals surface area contributed by atoms with E-state index in [1.165, 1.54) is 19.3 Å². The average molecular weight is 157 g/mol. The van der Waals surface area contributed by atoms with Gasteiger partial charge in [-0.2, -0.15) is 0 Å². The van der Waals surface area contributed by atoms with Gasteiger partial charge in [-0.25, -0.2) is 0 Å². The lowest BCUT2D eigenvalue weighted by atomic mass is 9.54. The summed E-state index contributed by atoms with van der Waals surface area (Å²) in [5.41, 5.74) is 5.97. The van der Waals surface area contributed by atoms with E-state index in [4.69, 9.17) is 5.73 Å². The predicted octanol–water partition coefficient (Wildman–Crippen LogP) is 1.13. The van der Waals surface area contributed by atoms with E-state index < -0.39 is 0 Å². The minimum Gasteiger partial charge on any atom is -0.396 e. The number of rotatable bonds is 3. The molecule has 66 valence electrons. The van der Waals surface area contributed by atoms with Crippen molar-refractivity contribution in [2.45, 2.75) is 33.1 Å². The molecule has 0 saturated heterocycles. The van der Waals surface area contributed by atoms with Gasteiger partial charge in [0.2, 0.25) is 0 Å². The van der Waals surface area contributed by atoms with Gasteiger partial charge in [-0.3, -0.25) is 0 Å². The van der Waals surface area contributed by atoms with Gasteiger partial charge in [0.1, 0.15) is 0 Å². The third-order valence-corrected chi connectivity index (χ3v) is 3.53. The molecule has 1 aliphatic rings. The highest BCUT2D eigenvalue weighted by atomic mass is 16.3. The van der Waals surface area contributed by atoms with Crippen LogP contribution in [0, 0.1) is 10.8 Å². The molecule has 0 atom stereocenters. The Morgan fingerprint density at radius 2 is 2.00 bits per heavy atom. The molecule has 0 aromatic rings. The second-order valence-electron chi connectivity index (χ2n) is 4.38. The Kier molecular flexibility index (Phi) is 2.26. The lowest BCUT2D eigenvalue weighted by Crippen LogP contribution is -2.50. The van der Waals surface area contributed by atoms with Crippen LogP contribution < -0.4 is 5.73 Å².